The van der Waals surface area contributed by atoms with Gasteiger partial charge in [-0.2, -0.15) is 0 Å². The predicted molar refractivity (Wildman–Crippen MR) is 79.2 cm³/mol. The summed E-state index contributed by atoms with van der Waals surface area (Å²) >= 11 is 0. The number of carbonyl (C=O) groups excluding carboxylic acids is 1. The molecule has 1 fully saturated rings. The topological polar surface area (TPSA) is 47.4 Å². The molecule has 0 aromatic carbocycles. The molecular formula is C16H19N3O2. The van der Waals surface area contributed by atoms with E-state index in [1.54, 1.807) is 18.3 Å². The van der Waals surface area contributed by atoms with Gasteiger partial charge in [0.15, 0.2) is 0 Å². The van der Waals surface area contributed by atoms with Gasteiger partial charge < -0.3 is 14.2 Å². The molecule has 0 radical (unpaired) electrons. The van der Waals surface area contributed by atoms with Crippen molar-refractivity contribution in [3.63, 3.8) is 0 Å². The Morgan fingerprint density at radius 3 is 2.95 bits per heavy atom. The molecule has 21 heavy (non-hydrogen) atoms. The zero-order chi connectivity index (χ0) is 14.8. The number of carbonyl (C=O) groups is 1. The Kier molecular flexibility index (Phi) is 3.64. The number of hydrogen-bond donors (Lipinski definition) is 0. The van der Waals surface area contributed by atoms with Crippen LogP contribution in [0, 0.1) is 0 Å². The van der Waals surface area contributed by atoms with Gasteiger partial charge in [-0.3, -0.25) is 4.79 Å². The minimum absolute atomic E-state index is 0.0105. The van der Waals surface area contributed by atoms with Crippen molar-refractivity contribution in [2.24, 2.45) is 7.05 Å². The molecule has 3 rings (SSSR count). The van der Waals surface area contributed by atoms with E-state index in [0.717, 1.165) is 19.4 Å². The summed E-state index contributed by atoms with van der Waals surface area (Å²) in [5.74, 6) is 0.378. The second kappa shape index (κ2) is 5.60. The van der Waals surface area contributed by atoms with E-state index in [1.807, 2.05) is 24.2 Å². The number of likely N-dealkylation sites (tertiary alicyclic amines) is 1. The van der Waals surface area contributed by atoms with Gasteiger partial charge in [-0.25, -0.2) is 4.98 Å². The van der Waals surface area contributed by atoms with E-state index in [9.17, 15) is 4.79 Å². The number of nitrogens with zero attached hydrogens (tertiary/aromatic N) is 3. The second-order valence-corrected chi connectivity index (χ2v) is 5.26. The lowest BCUT2D eigenvalue weighted by Crippen LogP contribution is -2.31. The fourth-order valence-corrected chi connectivity index (χ4v) is 3.01. The monoisotopic (exact) mass is 285 g/mol. The molecule has 2 aromatic heterocycles. The molecule has 110 valence electrons. The molecule has 1 atom stereocenters. The largest absolute Gasteiger partial charge is 0.480 e. The van der Waals surface area contributed by atoms with Crippen LogP contribution in [0.3, 0.4) is 0 Å². The van der Waals surface area contributed by atoms with E-state index in [1.165, 1.54) is 12.8 Å². The number of amides is 1. The zero-order valence-electron chi connectivity index (χ0n) is 12.3. The van der Waals surface area contributed by atoms with E-state index in [0.29, 0.717) is 11.4 Å². The van der Waals surface area contributed by atoms with Crippen LogP contribution in [-0.2, 0) is 7.05 Å². The van der Waals surface area contributed by atoms with Gasteiger partial charge in [-0.15, -0.1) is 0 Å². The average Bonchev–Trinajstić information content (AvgIpc) is 3.14. The van der Waals surface area contributed by atoms with E-state index in [-0.39, 0.29) is 11.9 Å². The number of aryl methyl sites for hydroxylation is 1. The van der Waals surface area contributed by atoms with Crippen molar-refractivity contribution in [3.05, 3.63) is 47.9 Å². The maximum absolute atomic E-state index is 12.8. The minimum atomic E-state index is -0.0105. The summed E-state index contributed by atoms with van der Waals surface area (Å²) in [6.07, 6.45) is 5.66. The molecule has 0 aliphatic carbocycles. The standard InChI is InChI=1S/C16H19N3O2/c1-18-10-4-7-13(18)14-8-5-11-19(14)16(20)12-6-3-9-17-15(12)21-2/h3-4,6-7,9-10,14H,5,8,11H2,1-2H3. The highest BCUT2D eigenvalue weighted by molar-refractivity contribution is 5.96. The summed E-state index contributed by atoms with van der Waals surface area (Å²) in [7, 11) is 3.55. The first-order valence-electron chi connectivity index (χ1n) is 7.13. The number of pyridine rings is 1. The Morgan fingerprint density at radius 1 is 1.38 bits per heavy atom. The lowest BCUT2D eigenvalue weighted by atomic mass is 10.1. The Bertz CT molecular complexity index is 650. The first-order chi connectivity index (χ1) is 10.2. The lowest BCUT2D eigenvalue weighted by Gasteiger charge is -2.25. The van der Waals surface area contributed by atoms with E-state index < -0.39 is 0 Å². The molecule has 1 aliphatic heterocycles. The van der Waals surface area contributed by atoms with Gasteiger partial charge in [-0.1, -0.05) is 0 Å². The van der Waals surface area contributed by atoms with Gasteiger partial charge in [0.25, 0.3) is 5.91 Å². The van der Waals surface area contributed by atoms with Crippen molar-refractivity contribution in [2.75, 3.05) is 13.7 Å². The summed E-state index contributed by atoms with van der Waals surface area (Å²) in [6, 6.07) is 7.76. The van der Waals surface area contributed by atoms with Crippen LogP contribution in [0.25, 0.3) is 0 Å². The second-order valence-electron chi connectivity index (χ2n) is 5.26. The van der Waals surface area contributed by atoms with Crippen molar-refractivity contribution < 1.29 is 9.53 Å². The molecular weight excluding hydrogens is 266 g/mol. The fraction of sp³-hybridized carbons (Fsp3) is 0.375. The van der Waals surface area contributed by atoms with Crippen LogP contribution in [0.1, 0.15) is 34.9 Å². The Balaban J connectivity index is 1.92. The number of ether oxygens (including phenoxy) is 1. The van der Waals surface area contributed by atoms with Crippen LogP contribution in [0.2, 0.25) is 0 Å². The predicted octanol–water partition coefficient (Wildman–Crippen LogP) is 2.41. The van der Waals surface area contributed by atoms with Crippen LogP contribution in [-0.4, -0.2) is 34.0 Å². The summed E-state index contributed by atoms with van der Waals surface area (Å²) in [5.41, 5.74) is 1.70. The third-order valence-corrected chi connectivity index (χ3v) is 4.03. The van der Waals surface area contributed by atoms with Gasteiger partial charge in [-0.05, 0) is 37.1 Å². The maximum Gasteiger partial charge on any atom is 0.259 e. The minimum Gasteiger partial charge on any atom is -0.480 e. The molecule has 1 aliphatic rings. The van der Waals surface area contributed by atoms with Crippen LogP contribution >= 0.6 is 0 Å². The summed E-state index contributed by atoms with van der Waals surface area (Å²) in [5, 5.41) is 0. The van der Waals surface area contributed by atoms with Crippen molar-refractivity contribution in [3.8, 4) is 5.88 Å². The van der Waals surface area contributed by atoms with Crippen molar-refractivity contribution in [1.29, 1.82) is 0 Å². The Labute approximate surface area is 124 Å². The third kappa shape index (κ3) is 2.39. The number of methoxy groups -OCH3 is 1. The molecule has 1 unspecified atom stereocenters. The molecule has 5 heteroatoms. The molecule has 0 N–H and O–H groups in total. The van der Waals surface area contributed by atoms with E-state index in [2.05, 4.69) is 15.6 Å². The summed E-state index contributed by atoms with van der Waals surface area (Å²) in [6.45, 7) is 0.771. The highest BCUT2D eigenvalue weighted by Gasteiger charge is 2.33. The molecule has 0 spiro atoms. The van der Waals surface area contributed by atoms with Crippen molar-refractivity contribution in [2.45, 2.75) is 18.9 Å². The normalized spacial score (nSPS) is 18.0. The molecule has 1 saturated heterocycles. The molecule has 0 bridgehead atoms. The van der Waals surface area contributed by atoms with Crippen LogP contribution < -0.4 is 4.74 Å². The number of aromatic nitrogens is 2. The van der Waals surface area contributed by atoms with E-state index >= 15 is 0 Å². The Morgan fingerprint density at radius 2 is 2.24 bits per heavy atom. The molecule has 1 amide bonds. The van der Waals surface area contributed by atoms with Crippen molar-refractivity contribution >= 4 is 5.91 Å². The lowest BCUT2D eigenvalue weighted by molar-refractivity contribution is 0.0727. The van der Waals surface area contributed by atoms with Crippen LogP contribution in [0.4, 0.5) is 0 Å². The molecule has 2 aromatic rings. The third-order valence-electron chi connectivity index (χ3n) is 4.03. The summed E-state index contributed by atoms with van der Waals surface area (Å²) < 4.78 is 7.29. The van der Waals surface area contributed by atoms with Crippen LogP contribution in [0.15, 0.2) is 36.7 Å². The van der Waals surface area contributed by atoms with Gasteiger partial charge >= 0.3 is 0 Å². The first kappa shape index (κ1) is 13.7. The molecule has 5 nitrogen and oxygen atoms in total. The van der Waals surface area contributed by atoms with Crippen LogP contribution in [0.5, 0.6) is 5.88 Å². The van der Waals surface area contributed by atoms with Gasteiger partial charge in [0.05, 0.1) is 13.2 Å². The summed E-state index contributed by atoms with van der Waals surface area (Å²) in [4.78, 5) is 18.9. The number of rotatable bonds is 3. The number of hydrogen-bond acceptors (Lipinski definition) is 3. The van der Waals surface area contributed by atoms with Crippen molar-refractivity contribution in [1.82, 2.24) is 14.5 Å². The maximum atomic E-state index is 12.8. The Hall–Kier alpha value is -2.30. The average molecular weight is 285 g/mol. The smallest absolute Gasteiger partial charge is 0.259 e. The van der Waals surface area contributed by atoms with Gasteiger partial charge in [0.2, 0.25) is 5.88 Å². The van der Waals surface area contributed by atoms with Gasteiger partial charge in [0, 0.05) is 31.7 Å². The van der Waals surface area contributed by atoms with E-state index in [4.69, 9.17) is 4.74 Å². The highest BCUT2D eigenvalue weighted by Crippen LogP contribution is 2.34. The fourth-order valence-electron chi connectivity index (χ4n) is 3.01. The quantitative estimate of drug-likeness (QED) is 0.870. The molecule has 0 saturated carbocycles. The molecule has 3 heterocycles. The first-order valence-corrected chi connectivity index (χ1v) is 7.13. The highest BCUT2D eigenvalue weighted by atomic mass is 16.5. The SMILES string of the molecule is COc1ncccc1C(=O)N1CCCC1c1cccn1C. The zero-order valence-corrected chi connectivity index (χ0v) is 12.3. The van der Waals surface area contributed by atoms with Gasteiger partial charge in [0.1, 0.15) is 5.56 Å².